The number of rotatable bonds is 5. The van der Waals surface area contributed by atoms with E-state index in [1.54, 1.807) is 13.0 Å². The molecule has 7 nitrogen and oxygen atoms in total. The minimum atomic E-state index is -3.72. The van der Waals surface area contributed by atoms with Crippen molar-refractivity contribution in [1.29, 1.82) is 5.26 Å². The molecule has 1 aromatic heterocycles. The fourth-order valence-corrected chi connectivity index (χ4v) is 4.31. The van der Waals surface area contributed by atoms with E-state index in [0.717, 1.165) is 26.3 Å². The molecule has 0 aliphatic carbocycles. The van der Waals surface area contributed by atoms with Gasteiger partial charge >= 0.3 is 0 Å². The van der Waals surface area contributed by atoms with Crippen molar-refractivity contribution in [2.45, 2.75) is 24.4 Å². The Morgan fingerprint density at radius 2 is 2.13 bits per heavy atom. The van der Waals surface area contributed by atoms with Gasteiger partial charge in [0.15, 0.2) is 5.03 Å². The molecular weight excluding hydrogens is 316 g/mol. The van der Waals surface area contributed by atoms with Gasteiger partial charge in [0, 0.05) is 31.0 Å². The van der Waals surface area contributed by atoms with E-state index in [1.165, 1.54) is 6.07 Å². The molecule has 2 fully saturated rings. The summed E-state index contributed by atoms with van der Waals surface area (Å²) < 4.78 is 32.7. The largest absolute Gasteiger partial charge is 0.381 e. The van der Waals surface area contributed by atoms with Gasteiger partial charge in [-0.15, -0.1) is 0 Å². The van der Waals surface area contributed by atoms with Gasteiger partial charge in [-0.3, -0.25) is 0 Å². The van der Waals surface area contributed by atoms with Crippen molar-refractivity contribution in [2.24, 2.45) is 11.8 Å². The van der Waals surface area contributed by atoms with Gasteiger partial charge in [-0.25, -0.2) is 18.1 Å². The maximum atomic E-state index is 12.4. The molecule has 3 atom stereocenters. The minimum absolute atomic E-state index is 0.00639. The number of hydrogen-bond acceptors (Lipinski definition) is 6. The minimum Gasteiger partial charge on any atom is -0.381 e. The molecule has 0 aromatic carbocycles. The lowest BCUT2D eigenvalue weighted by molar-refractivity contribution is 0.177. The van der Waals surface area contributed by atoms with E-state index in [2.05, 4.69) is 14.6 Å². The lowest BCUT2D eigenvalue weighted by Gasteiger charge is -2.19. The van der Waals surface area contributed by atoms with Crippen LogP contribution in [-0.2, 0) is 14.8 Å². The Labute approximate surface area is 136 Å². The monoisotopic (exact) mass is 336 g/mol. The van der Waals surface area contributed by atoms with Gasteiger partial charge in [0.2, 0.25) is 0 Å². The first-order valence-corrected chi connectivity index (χ1v) is 9.17. The van der Waals surface area contributed by atoms with Crippen LogP contribution in [0.15, 0.2) is 23.2 Å². The van der Waals surface area contributed by atoms with Gasteiger partial charge in [-0.05, 0) is 19.1 Å². The maximum Gasteiger partial charge on any atom is 0.258 e. The fraction of sp³-hybridized carbons (Fsp3) is 0.600. The van der Waals surface area contributed by atoms with Crippen LogP contribution >= 0.6 is 0 Å². The van der Waals surface area contributed by atoms with E-state index in [9.17, 15) is 8.42 Å². The highest BCUT2D eigenvalue weighted by atomic mass is 32.2. The molecule has 2 saturated heterocycles. The highest BCUT2D eigenvalue weighted by molar-refractivity contribution is 7.89. The smallest absolute Gasteiger partial charge is 0.258 e. The van der Waals surface area contributed by atoms with Crippen LogP contribution < -0.4 is 9.62 Å². The van der Waals surface area contributed by atoms with E-state index in [1.807, 2.05) is 12.1 Å². The molecule has 8 heteroatoms. The summed E-state index contributed by atoms with van der Waals surface area (Å²) in [6, 6.07) is 6.52. The molecule has 124 valence electrons. The molecule has 0 saturated carbocycles. The molecule has 0 amide bonds. The van der Waals surface area contributed by atoms with Gasteiger partial charge in [0.1, 0.15) is 5.82 Å². The molecule has 3 rings (SSSR count). The zero-order valence-corrected chi connectivity index (χ0v) is 13.8. The quantitative estimate of drug-likeness (QED) is 0.852. The normalized spacial score (nSPS) is 25.1. The number of aromatic nitrogens is 1. The maximum absolute atomic E-state index is 12.4. The van der Waals surface area contributed by atoms with Gasteiger partial charge in [-0.1, -0.05) is 6.07 Å². The molecule has 2 aliphatic rings. The third-order valence-corrected chi connectivity index (χ3v) is 5.79. The SMILES string of the molecule is CC(CC#N)NS(=O)(=O)c1cccc(N2C[C@H]3COC[C@H]3C2)n1. The third kappa shape index (κ3) is 3.47. The number of pyridine rings is 1. The van der Waals surface area contributed by atoms with Crippen LogP contribution in [0.2, 0.25) is 0 Å². The number of hydrogen-bond donors (Lipinski definition) is 1. The molecule has 0 radical (unpaired) electrons. The average Bonchev–Trinajstić information content (AvgIpc) is 3.08. The van der Waals surface area contributed by atoms with E-state index < -0.39 is 16.1 Å². The van der Waals surface area contributed by atoms with Crippen LogP contribution in [0.3, 0.4) is 0 Å². The first-order chi connectivity index (χ1) is 11.0. The van der Waals surface area contributed by atoms with Crippen molar-refractivity contribution >= 4 is 15.8 Å². The van der Waals surface area contributed by atoms with Crippen molar-refractivity contribution in [3.05, 3.63) is 18.2 Å². The predicted octanol–water partition coefficient (Wildman–Crippen LogP) is 0.745. The van der Waals surface area contributed by atoms with Crippen LogP contribution in [-0.4, -0.2) is 45.7 Å². The number of nitrogens with zero attached hydrogens (tertiary/aromatic N) is 3. The van der Waals surface area contributed by atoms with Crippen molar-refractivity contribution < 1.29 is 13.2 Å². The highest BCUT2D eigenvalue weighted by Crippen LogP contribution is 2.31. The van der Waals surface area contributed by atoms with Gasteiger partial charge in [0.25, 0.3) is 10.0 Å². The van der Waals surface area contributed by atoms with E-state index in [0.29, 0.717) is 17.7 Å². The van der Waals surface area contributed by atoms with Crippen molar-refractivity contribution in [1.82, 2.24) is 9.71 Å². The highest BCUT2D eigenvalue weighted by Gasteiger charge is 2.37. The number of nitrogens with one attached hydrogen (secondary N) is 1. The molecule has 2 aliphatic heterocycles. The van der Waals surface area contributed by atoms with Gasteiger partial charge in [-0.2, -0.15) is 5.26 Å². The van der Waals surface area contributed by atoms with Crippen molar-refractivity contribution in [3.8, 4) is 6.07 Å². The number of sulfonamides is 1. The number of ether oxygens (including phenoxy) is 1. The molecular formula is C15H20N4O3S. The lowest BCUT2D eigenvalue weighted by atomic mass is 10.0. The third-order valence-electron chi connectivity index (χ3n) is 4.30. The summed E-state index contributed by atoms with van der Waals surface area (Å²) >= 11 is 0. The Morgan fingerprint density at radius 3 is 2.78 bits per heavy atom. The zero-order chi connectivity index (χ0) is 16.4. The van der Waals surface area contributed by atoms with Crippen molar-refractivity contribution in [3.63, 3.8) is 0 Å². The number of anilines is 1. The van der Waals surface area contributed by atoms with E-state index >= 15 is 0 Å². The number of fused-ring (bicyclic) bond motifs is 1. The van der Waals surface area contributed by atoms with E-state index in [-0.39, 0.29) is 11.4 Å². The Morgan fingerprint density at radius 1 is 1.43 bits per heavy atom. The summed E-state index contributed by atoms with van der Waals surface area (Å²) in [5.74, 6) is 1.69. The first-order valence-electron chi connectivity index (χ1n) is 7.68. The molecule has 0 spiro atoms. The predicted molar refractivity (Wildman–Crippen MR) is 84.3 cm³/mol. The summed E-state index contributed by atoms with van der Waals surface area (Å²) in [4.78, 5) is 6.44. The Bertz CT molecular complexity index is 704. The second kappa shape index (κ2) is 6.43. The summed E-state index contributed by atoms with van der Waals surface area (Å²) in [6.45, 7) is 4.89. The first kappa shape index (κ1) is 16.2. The molecule has 0 bridgehead atoms. The molecule has 1 aromatic rings. The molecule has 3 heterocycles. The average molecular weight is 336 g/mol. The number of nitriles is 1. The fourth-order valence-electron chi connectivity index (χ4n) is 3.11. The van der Waals surface area contributed by atoms with Crippen LogP contribution in [0.1, 0.15) is 13.3 Å². The summed E-state index contributed by atoms with van der Waals surface area (Å²) in [6.07, 6.45) is 0.119. The Hall–Kier alpha value is -1.69. The molecule has 1 unspecified atom stereocenters. The van der Waals surface area contributed by atoms with Gasteiger partial charge < -0.3 is 9.64 Å². The van der Waals surface area contributed by atoms with Crippen LogP contribution in [0.5, 0.6) is 0 Å². The second-order valence-corrected chi connectivity index (χ2v) is 7.84. The standard InChI is InChI=1S/C15H20N4O3S/c1-11(5-6-16)18-23(20,21)15-4-2-3-14(17-15)19-7-12-9-22-10-13(12)8-19/h2-4,11-13,18H,5,7-10H2,1H3/t11?,12-,13+. The summed E-state index contributed by atoms with van der Waals surface area (Å²) in [5, 5.41) is 8.65. The summed E-state index contributed by atoms with van der Waals surface area (Å²) in [5.41, 5.74) is 0. The second-order valence-electron chi connectivity index (χ2n) is 6.18. The zero-order valence-electron chi connectivity index (χ0n) is 13.0. The van der Waals surface area contributed by atoms with Crippen LogP contribution in [0.25, 0.3) is 0 Å². The van der Waals surface area contributed by atoms with Gasteiger partial charge in [0.05, 0.1) is 25.7 Å². The Kier molecular flexibility index (Phi) is 4.53. The van der Waals surface area contributed by atoms with E-state index in [4.69, 9.17) is 10.00 Å². The van der Waals surface area contributed by atoms with Crippen molar-refractivity contribution in [2.75, 3.05) is 31.2 Å². The topological polar surface area (TPSA) is 95.3 Å². The molecule has 1 N–H and O–H groups in total. The van der Waals surface area contributed by atoms with Crippen LogP contribution in [0.4, 0.5) is 5.82 Å². The Balaban J connectivity index is 1.76. The molecule has 23 heavy (non-hydrogen) atoms. The van der Waals surface area contributed by atoms with Crippen LogP contribution in [0, 0.1) is 23.2 Å². The lowest BCUT2D eigenvalue weighted by Crippen LogP contribution is -2.33. The summed E-state index contributed by atoms with van der Waals surface area (Å²) in [7, 11) is -3.72.